The van der Waals surface area contributed by atoms with Gasteiger partial charge in [0, 0.05) is 17.8 Å². The van der Waals surface area contributed by atoms with E-state index in [4.69, 9.17) is 4.74 Å². The SMILES string of the molecule is CCCCCOc1ccc(-c2nn[nH]n2)cn1. The van der Waals surface area contributed by atoms with E-state index in [0.29, 0.717) is 18.3 Å². The summed E-state index contributed by atoms with van der Waals surface area (Å²) >= 11 is 0. The Morgan fingerprint density at radius 2 is 2.24 bits per heavy atom. The van der Waals surface area contributed by atoms with E-state index in [9.17, 15) is 0 Å². The summed E-state index contributed by atoms with van der Waals surface area (Å²) in [5.74, 6) is 1.17. The lowest BCUT2D eigenvalue weighted by molar-refractivity contribution is 0.295. The van der Waals surface area contributed by atoms with Crippen molar-refractivity contribution in [2.24, 2.45) is 0 Å². The summed E-state index contributed by atoms with van der Waals surface area (Å²) in [6, 6.07) is 3.69. The summed E-state index contributed by atoms with van der Waals surface area (Å²) in [5, 5.41) is 13.6. The highest BCUT2D eigenvalue weighted by atomic mass is 16.5. The number of nitrogens with zero attached hydrogens (tertiary/aromatic N) is 4. The third kappa shape index (κ3) is 3.24. The van der Waals surface area contributed by atoms with Gasteiger partial charge in [0.05, 0.1) is 6.61 Å². The van der Waals surface area contributed by atoms with Crippen molar-refractivity contribution in [2.45, 2.75) is 26.2 Å². The molecule has 0 unspecified atom stereocenters. The maximum atomic E-state index is 5.51. The van der Waals surface area contributed by atoms with Crippen LogP contribution in [0.4, 0.5) is 0 Å². The number of aromatic amines is 1. The van der Waals surface area contributed by atoms with Gasteiger partial charge in [-0.05, 0) is 17.7 Å². The lowest BCUT2D eigenvalue weighted by Gasteiger charge is -2.04. The molecule has 17 heavy (non-hydrogen) atoms. The van der Waals surface area contributed by atoms with Gasteiger partial charge in [0.15, 0.2) is 0 Å². The highest BCUT2D eigenvalue weighted by Gasteiger charge is 2.03. The van der Waals surface area contributed by atoms with E-state index in [2.05, 4.69) is 32.5 Å². The van der Waals surface area contributed by atoms with E-state index >= 15 is 0 Å². The van der Waals surface area contributed by atoms with Crippen LogP contribution >= 0.6 is 0 Å². The molecule has 2 rings (SSSR count). The zero-order valence-electron chi connectivity index (χ0n) is 9.76. The minimum absolute atomic E-state index is 0.537. The Labute approximate surface area is 99.4 Å². The summed E-state index contributed by atoms with van der Waals surface area (Å²) in [7, 11) is 0. The van der Waals surface area contributed by atoms with E-state index in [1.165, 1.54) is 12.8 Å². The third-order valence-electron chi connectivity index (χ3n) is 2.34. The van der Waals surface area contributed by atoms with Gasteiger partial charge in [0.1, 0.15) is 0 Å². The molecular formula is C11H15N5O. The highest BCUT2D eigenvalue weighted by Crippen LogP contribution is 2.15. The van der Waals surface area contributed by atoms with Gasteiger partial charge in [-0.1, -0.05) is 19.8 Å². The fourth-order valence-corrected chi connectivity index (χ4v) is 1.41. The Bertz CT molecular complexity index is 426. The van der Waals surface area contributed by atoms with E-state index in [-0.39, 0.29) is 0 Å². The number of ether oxygens (including phenoxy) is 1. The van der Waals surface area contributed by atoms with Crippen molar-refractivity contribution in [1.29, 1.82) is 0 Å². The van der Waals surface area contributed by atoms with Crippen LogP contribution in [-0.2, 0) is 0 Å². The van der Waals surface area contributed by atoms with Gasteiger partial charge in [-0.15, -0.1) is 10.2 Å². The number of pyridine rings is 1. The molecule has 6 nitrogen and oxygen atoms in total. The van der Waals surface area contributed by atoms with Crippen molar-refractivity contribution in [3.8, 4) is 17.3 Å². The molecule has 0 aliphatic heterocycles. The molecular weight excluding hydrogens is 218 g/mol. The Kier molecular flexibility index (Phi) is 4.01. The minimum Gasteiger partial charge on any atom is -0.478 e. The normalized spacial score (nSPS) is 10.4. The van der Waals surface area contributed by atoms with Gasteiger partial charge >= 0.3 is 0 Å². The maximum Gasteiger partial charge on any atom is 0.213 e. The standard InChI is InChI=1S/C11H15N5O/c1-2-3-4-7-17-10-6-5-9(8-12-10)11-13-15-16-14-11/h5-6,8H,2-4,7H2,1H3,(H,13,14,15,16). The summed E-state index contributed by atoms with van der Waals surface area (Å²) in [6.45, 7) is 2.88. The van der Waals surface area contributed by atoms with Crippen LogP contribution < -0.4 is 4.74 Å². The van der Waals surface area contributed by atoms with Crippen LogP contribution in [0.25, 0.3) is 11.4 Å². The number of hydrogen-bond donors (Lipinski definition) is 1. The average Bonchev–Trinajstić information content (AvgIpc) is 2.89. The lowest BCUT2D eigenvalue weighted by atomic mass is 10.2. The van der Waals surface area contributed by atoms with Crippen LogP contribution in [0.3, 0.4) is 0 Å². The third-order valence-corrected chi connectivity index (χ3v) is 2.34. The van der Waals surface area contributed by atoms with Gasteiger partial charge in [0.25, 0.3) is 0 Å². The molecule has 0 radical (unpaired) electrons. The molecule has 0 fully saturated rings. The topological polar surface area (TPSA) is 76.6 Å². The minimum atomic E-state index is 0.537. The monoisotopic (exact) mass is 233 g/mol. The van der Waals surface area contributed by atoms with Gasteiger partial charge in [-0.2, -0.15) is 5.21 Å². The van der Waals surface area contributed by atoms with Crippen molar-refractivity contribution in [3.05, 3.63) is 18.3 Å². The number of rotatable bonds is 6. The molecule has 2 aromatic heterocycles. The summed E-state index contributed by atoms with van der Waals surface area (Å²) < 4.78 is 5.51. The fourth-order valence-electron chi connectivity index (χ4n) is 1.41. The molecule has 0 bridgehead atoms. The molecule has 0 aliphatic carbocycles. The van der Waals surface area contributed by atoms with E-state index in [0.717, 1.165) is 12.0 Å². The first kappa shape index (κ1) is 11.5. The van der Waals surface area contributed by atoms with Crippen LogP contribution in [0.15, 0.2) is 18.3 Å². The second kappa shape index (κ2) is 5.93. The first-order valence-electron chi connectivity index (χ1n) is 5.73. The Morgan fingerprint density at radius 3 is 2.88 bits per heavy atom. The van der Waals surface area contributed by atoms with Crippen molar-refractivity contribution in [1.82, 2.24) is 25.6 Å². The van der Waals surface area contributed by atoms with Crippen LogP contribution in [0.2, 0.25) is 0 Å². The molecule has 2 heterocycles. The second-order valence-corrected chi connectivity index (χ2v) is 3.68. The Hall–Kier alpha value is -1.98. The number of aromatic nitrogens is 5. The Balaban J connectivity index is 1.90. The lowest BCUT2D eigenvalue weighted by Crippen LogP contribution is -1.98. The quantitative estimate of drug-likeness (QED) is 0.770. The first-order chi connectivity index (χ1) is 8.40. The second-order valence-electron chi connectivity index (χ2n) is 3.68. The zero-order chi connectivity index (χ0) is 11.9. The van der Waals surface area contributed by atoms with Crippen molar-refractivity contribution in [2.75, 3.05) is 6.61 Å². The van der Waals surface area contributed by atoms with E-state index < -0.39 is 0 Å². The average molecular weight is 233 g/mol. The molecule has 2 aromatic rings. The first-order valence-corrected chi connectivity index (χ1v) is 5.73. The van der Waals surface area contributed by atoms with Crippen molar-refractivity contribution >= 4 is 0 Å². The molecule has 0 spiro atoms. The smallest absolute Gasteiger partial charge is 0.213 e. The summed E-state index contributed by atoms with van der Waals surface area (Å²) in [5.41, 5.74) is 0.819. The summed E-state index contributed by atoms with van der Waals surface area (Å²) in [4.78, 5) is 4.19. The van der Waals surface area contributed by atoms with Gasteiger partial charge < -0.3 is 4.74 Å². The molecule has 0 atom stereocenters. The highest BCUT2D eigenvalue weighted by molar-refractivity contribution is 5.52. The molecule has 0 saturated carbocycles. The van der Waals surface area contributed by atoms with Gasteiger partial charge in [-0.3, -0.25) is 0 Å². The molecule has 0 aliphatic rings. The number of unbranched alkanes of at least 4 members (excludes halogenated alkanes) is 2. The van der Waals surface area contributed by atoms with E-state index in [1.54, 1.807) is 6.20 Å². The number of hydrogen-bond acceptors (Lipinski definition) is 5. The van der Waals surface area contributed by atoms with E-state index in [1.807, 2.05) is 12.1 Å². The molecule has 1 N–H and O–H groups in total. The number of tetrazole rings is 1. The molecule has 0 saturated heterocycles. The molecule has 0 aromatic carbocycles. The number of H-pyrrole nitrogens is 1. The Morgan fingerprint density at radius 1 is 1.29 bits per heavy atom. The predicted molar refractivity (Wildman–Crippen MR) is 62.4 cm³/mol. The van der Waals surface area contributed by atoms with Crippen molar-refractivity contribution in [3.63, 3.8) is 0 Å². The predicted octanol–water partition coefficient (Wildman–Crippen LogP) is 1.83. The van der Waals surface area contributed by atoms with Gasteiger partial charge in [-0.25, -0.2) is 4.98 Å². The van der Waals surface area contributed by atoms with Crippen LogP contribution in [-0.4, -0.2) is 32.2 Å². The molecule has 6 heteroatoms. The van der Waals surface area contributed by atoms with Crippen LogP contribution in [0.1, 0.15) is 26.2 Å². The van der Waals surface area contributed by atoms with Crippen LogP contribution in [0.5, 0.6) is 5.88 Å². The zero-order valence-corrected chi connectivity index (χ0v) is 9.76. The fraction of sp³-hybridized carbons (Fsp3) is 0.455. The van der Waals surface area contributed by atoms with Crippen molar-refractivity contribution < 1.29 is 4.74 Å². The van der Waals surface area contributed by atoms with Crippen LogP contribution in [0, 0.1) is 0 Å². The van der Waals surface area contributed by atoms with Gasteiger partial charge in [0.2, 0.25) is 11.7 Å². The number of nitrogens with one attached hydrogen (secondary N) is 1. The molecule has 90 valence electrons. The largest absolute Gasteiger partial charge is 0.478 e. The maximum absolute atomic E-state index is 5.51. The molecule has 0 amide bonds. The summed E-state index contributed by atoms with van der Waals surface area (Å²) in [6.07, 6.45) is 5.11.